The maximum absolute atomic E-state index is 11.8. The quantitative estimate of drug-likeness (QED) is 0.732. The fourth-order valence-corrected chi connectivity index (χ4v) is 3.84. The molecule has 1 amide bonds. The van der Waals surface area contributed by atoms with Crippen molar-refractivity contribution in [3.8, 4) is 0 Å². The van der Waals surface area contributed by atoms with Gasteiger partial charge in [0, 0.05) is 11.6 Å². The minimum absolute atomic E-state index is 0.115. The van der Waals surface area contributed by atoms with Crippen LogP contribution in [0.25, 0.3) is 0 Å². The Morgan fingerprint density at radius 1 is 1.14 bits per heavy atom. The van der Waals surface area contributed by atoms with Crippen molar-refractivity contribution in [2.45, 2.75) is 95.4 Å². The van der Waals surface area contributed by atoms with Crippen LogP contribution in [0.5, 0.6) is 0 Å². The van der Waals surface area contributed by atoms with E-state index in [1.54, 1.807) is 0 Å². The molecule has 0 spiro atoms. The molecule has 0 aromatic rings. The molecule has 0 aromatic carbocycles. The lowest BCUT2D eigenvalue weighted by Crippen LogP contribution is -2.53. The number of aliphatic hydroxyl groups excluding tert-OH is 1. The molecule has 22 heavy (non-hydrogen) atoms. The van der Waals surface area contributed by atoms with Crippen LogP contribution in [0.1, 0.15) is 72.1 Å². The number of ether oxygens (including phenoxy) is 1. The van der Waals surface area contributed by atoms with Gasteiger partial charge in [0.1, 0.15) is 5.60 Å². The Bertz CT molecular complexity index is 376. The van der Waals surface area contributed by atoms with Gasteiger partial charge in [-0.2, -0.15) is 0 Å². The van der Waals surface area contributed by atoms with Gasteiger partial charge < -0.3 is 20.9 Å². The number of nitrogens with one attached hydrogen (secondary N) is 1. The molecule has 2 fully saturated rings. The second kappa shape index (κ2) is 6.75. The lowest BCUT2D eigenvalue weighted by Gasteiger charge is -2.45. The fraction of sp³-hybridized carbons (Fsp3) is 0.941. The third-order valence-electron chi connectivity index (χ3n) is 5.15. The van der Waals surface area contributed by atoms with Crippen molar-refractivity contribution in [2.75, 3.05) is 0 Å². The van der Waals surface area contributed by atoms with Crippen LogP contribution in [-0.2, 0) is 4.74 Å². The third-order valence-corrected chi connectivity index (χ3v) is 5.15. The number of aliphatic hydroxyl groups is 1. The van der Waals surface area contributed by atoms with Gasteiger partial charge in [-0.1, -0.05) is 0 Å². The summed E-state index contributed by atoms with van der Waals surface area (Å²) in [5.74, 6) is 0.511. The molecule has 5 heteroatoms. The van der Waals surface area contributed by atoms with Gasteiger partial charge in [-0.15, -0.1) is 0 Å². The first-order chi connectivity index (χ1) is 10.2. The summed E-state index contributed by atoms with van der Waals surface area (Å²) in [5, 5.41) is 12.6. The molecule has 4 N–H and O–H groups in total. The minimum atomic E-state index is -0.453. The molecule has 5 nitrogen and oxygen atoms in total. The average Bonchev–Trinajstić information content (AvgIpc) is 2.41. The fourth-order valence-electron chi connectivity index (χ4n) is 3.84. The highest BCUT2D eigenvalue weighted by atomic mass is 16.6. The Labute approximate surface area is 134 Å². The second-order valence-electron chi connectivity index (χ2n) is 8.16. The van der Waals surface area contributed by atoms with Gasteiger partial charge in [0.2, 0.25) is 0 Å². The molecule has 2 aliphatic carbocycles. The zero-order valence-corrected chi connectivity index (χ0v) is 14.2. The van der Waals surface area contributed by atoms with Crippen LogP contribution in [0, 0.1) is 5.92 Å². The molecule has 0 atom stereocenters. The topological polar surface area (TPSA) is 84.6 Å². The van der Waals surface area contributed by atoms with Crippen molar-refractivity contribution in [3.63, 3.8) is 0 Å². The maximum atomic E-state index is 11.8. The Balaban J connectivity index is 1.77. The molecule has 0 radical (unpaired) electrons. The molecule has 0 unspecified atom stereocenters. The van der Waals surface area contributed by atoms with Crippen molar-refractivity contribution >= 4 is 6.09 Å². The summed E-state index contributed by atoms with van der Waals surface area (Å²) >= 11 is 0. The Morgan fingerprint density at radius 3 is 2.18 bits per heavy atom. The van der Waals surface area contributed by atoms with Gasteiger partial charge in [-0.25, -0.2) is 4.79 Å². The number of hydrogen-bond acceptors (Lipinski definition) is 4. The largest absolute Gasteiger partial charge is 0.444 e. The van der Waals surface area contributed by atoms with Crippen molar-refractivity contribution in [3.05, 3.63) is 0 Å². The van der Waals surface area contributed by atoms with Gasteiger partial charge >= 0.3 is 6.09 Å². The summed E-state index contributed by atoms with van der Waals surface area (Å²) in [6.45, 7) is 5.62. The molecule has 128 valence electrons. The average molecular weight is 312 g/mol. The predicted molar refractivity (Wildman–Crippen MR) is 86.5 cm³/mol. The highest BCUT2D eigenvalue weighted by Crippen LogP contribution is 2.40. The summed E-state index contributed by atoms with van der Waals surface area (Å²) in [6.07, 6.45) is 7.03. The summed E-state index contributed by atoms with van der Waals surface area (Å²) in [5.41, 5.74) is 6.04. The molecule has 0 saturated heterocycles. The predicted octanol–water partition coefficient (Wildman–Crippen LogP) is 2.70. The van der Waals surface area contributed by atoms with E-state index in [1.165, 1.54) is 0 Å². The molecule has 0 bridgehead atoms. The number of nitrogens with two attached hydrogens (primary N) is 1. The summed E-state index contributed by atoms with van der Waals surface area (Å²) < 4.78 is 5.31. The number of carbonyl (C=O) groups is 1. The lowest BCUT2D eigenvalue weighted by molar-refractivity contribution is 0.0437. The van der Waals surface area contributed by atoms with E-state index in [0.717, 1.165) is 51.4 Å². The monoisotopic (exact) mass is 312 g/mol. The van der Waals surface area contributed by atoms with Crippen molar-refractivity contribution in [1.82, 2.24) is 5.32 Å². The van der Waals surface area contributed by atoms with E-state index < -0.39 is 5.60 Å². The van der Waals surface area contributed by atoms with Crippen LogP contribution in [0.3, 0.4) is 0 Å². The molecule has 0 aromatic heterocycles. The smallest absolute Gasteiger partial charge is 0.407 e. The van der Waals surface area contributed by atoms with E-state index in [0.29, 0.717) is 5.92 Å². The van der Waals surface area contributed by atoms with Gasteiger partial charge in [0.15, 0.2) is 0 Å². The molecule has 2 saturated carbocycles. The minimum Gasteiger partial charge on any atom is -0.444 e. The van der Waals surface area contributed by atoms with Crippen LogP contribution >= 0.6 is 0 Å². The molecule has 0 heterocycles. The summed E-state index contributed by atoms with van der Waals surface area (Å²) in [7, 11) is 0. The normalized spacial score (nSPS) is 36.7. The lowest BCUT2D eigenvalue weighted by atomic mass is 9.67. The Kier molecular flexibility index (Phi) is 5.38. The van der Waals surface area contributed by atoms with Crippen LogP contribution in [0.15, 0.2) is 0 Å². The third kappa shape index (κ3) is 4.85. The highest BCUT2D eigenvalue weighted by molar-refractivity contribution is 5.68. The second-order valence-corrected chi connectivity index (χ2v) is 8.16. The molecular weight excluding hydrogens is 280 g/mol. The van der Waals surface area contributed by atoms with E-state index in [4.69, 9.17) is 10.5 Å². The number of alkyl carbamates (subject to hydrolysis) is 1. The van der Waals surface area contributed by atoms with Crippen molar-refractivity contribution in [1.29, 1.82) is 0 Å². The maximum Gasteiger partial charge on any atom is 0.407 e. The van der Waals surface area contributed by atoms with E-state index in [1.807, 2.05) is 20.8 Å². The zero-order chi connectivity index (χ0) is 16.4. The molecule has 2 aliphatic rings. The molecule has 2 rings (SSSR count). The first kappa shape index (κ1) is 17.5. The summed E-state index contributed by atoms with van der Waals surface area (Å²) in [4.78, 5) is 11.8. The van der Waals surface area contributed by atoms with Crippen LogP contribution < -0.4 is 11.1 Å². The van der Waals surface area contributed by atoms with E-state index in [9.17, 15) is 9.90 Å². The van der Waals surface area contributed by atoms with Crippen molar-refractivity contribution < 1.29 is 14.6 Å². The molecule has 0 aliphatic heterocycles. The number of carbonyl (C=O) groups excluding carboxylic acids is 1. The highest BCUT2D eigenvalue weighted by Gasteiger charge is 2.40. The van der Waals surface area contributed by atoms with Gasteiger partial charge in [-0.3, -0.25) is 0 Å². The van der Waals surface area contributed by atoms with Crippen LogP contribution in [-0.4, -0.2) is 34.5 Å². The van der Waals surface area contributed by atoms with E-state index in [2.05, 4.69) is 5.32 Å². The Morgan fingerprint density at radius 2 is 1.68 bits per heavy atom. The van der Waals surface area contributed by atoms with E-state index in [-0.39, 0.29) is 23.8 Å². The number of rotatable bonds is 2. The first-order valence-electron chi connectivity index (χ1n) is 8.64. The zero-order valence-electron chi connectivity index (χ0n) is 14.2. The van der Waals surface area contributed by atoms with Gasteiger partial charge in [0.25, 0.3) is 0 Å². The SMILES string of the molecule is CC(C)(C)OC(=O)NC1CCC(C2(N)CCC(O)CC2)CC1. The van der Waals surface area contributed by atoms with Gasteiger partial charge in [0.05, 0.1) is 6.10 Å². The van der Waals surface area contributed by atoms with Gasteiger partial charge in [-0.05, 0) is 78.1 Å². The van der Waals surface area contributed by atoms with E-state index >= 15 is 0 Å². The Hall–Kier alpha value is -0.810. The first-order valence-corrected chi connectivity index (χ1v) is 8.64. The summed E-state index contributed by atoms with van der Waals surface area (Å²) in [6, 6.07) is 0.198. The van der Waals surface area contributed by atoms with Crippen molar-refractivity contribution in [2.24, 2.45) is 11.7 Å². The van der Waals surface area contributed by atoms with Crippen LogP contribution in [0.4, 0.5) is 4.79 Å². The number of hydrogen-bond donors (Lipinski definition) is 3. The molecular formula is C17H32N2O3. The van der Waals surface area contributed by atoms with Crippen LogP contribution in [0.2, 0.25) is 0 Å². The standard InChI is InChI=1S/C17H32N2O3/c1-16(2,3)22-15(21)19-13-6-4-12(5-7-13)17(18)10-8-14(20)9-11-17/h12-14,20H,4-11,18H2,1-3H3,(H,19,21). The number of amides is 1.